The summed E-state index contributed by atoms with van der Waals surface area (Å²) in [5.41, 5.74) is 10.7. The van der Waals surface area contributed by atoms with Gasteiger partial charge in [-0.15, -0.1) is 0 Å². The van der Waals surface area contributed by atoms with E-state index in [0.29, 0.717) is 0 Å². The normalized spacial score (nSPS) is 18.3. The van der Waals surface area contributed by atoms with Crippen molar-refractivity contribution in [2.45, 2.75) is 128 Å². The maximum atomic E-state index is 4.10. The van der Waals surface area contributed by atoms with Crippen LogP contribution in [-0.4, -0.2) is 19.1 Å². The second-order valence-electron chi connectivity index (χ2n) is 13.1. The average Bonchev–Trinajstić information content (AvgIpc) is 3.84. The third-order valence-corrected chi connectivity index (χ3v) is 12.5. The van der Waals surface area contributed by atoms with Gasteiger partial charge >= 0.3 is 0 Å². The first-order chi connectivity index (χ1) is 20.2. The molecule has 0 fully saturated rings. The van der Waals surface area contributed by atoms with Crippen LogP contribution < -0.4 is 0 Å². The van der Waals surface area contributed by atoms with Crippen LogP contribution in [0, 0.1) is 0 Å². The van der Waals surface area contributed by atoms with E-state index in [4.69, 9.17) is 0 Å². The minimum Gasteiger partial charge on any atom is -0.361 e. The largest absolute Gasteiger partial charge is 0.361 e. The summed E-state index contributed by atoms with van der Waals surface area (Å²) in [4.78, 5) is 8.20. The number of H-pyrrole nitrogens is 2. The van der Waals surface area contributed by atoms with E-state index in [1.165, 1.54) is 45.6 Å². The Morgan fingerprint density at radius 1 is 0.381 bits per heavy atom. The lowest BCUT2D eigenvalue weighted by atomic mass is 9.75. The van der Waals surface area contributed by atoms with E-state index >= 15 is 0 Å². The molecule has 0 aromatic carbocycles. The molecule has 2 N–H and O–H groups in total. The predicted molar refractivity (Wildman–Crippen MR) is 178 cm³/mol. The predicted octanol–water partition coefficient (Wildman–Crippen LogP) is 9.76. The van der Waals surface area contributed by atoms with Crippen LogP contribution in [0.4, 0.5) is 0 Å². The maximum absolute atomic E-state index is 4.10. The number of aromatic nitrogens is 4. The van der Waals surface area contributed by atoms with Crippen molar-refractivity contribution < 1.29 is 0 Å². The van der Waals surface area contributed by atoms with E-state index < -0.39 is 0 Å². The number of fused-ring (bicyclic) bond motifs is 8. The molecule has 1 aliphatic rings. The van der Waals surface area contributed by atoms with Crippen LogP contribution in [0.2, 0.25) is 0 Å². The molecule has 4 aromatic rings. The average molecular weight is 569 g/mol. The second kappa shape index (κ2) is 11.0. The Morgan fingerprint density at radius 3 is 0.738 bits per heavy atom. The zero-order valence-corrected chi connectivity index (χ0v) is 28.2. The van der Waals surface area contributed by atoms with E-state index in [9.17, 15) is 0 Å². The highest BCUT2D eigenvalue weighted by Crippen LogP contribution is 2.48. The monoisotopic (exact) mass is 568 g/mol. The van der Waals surface area contributed by atoms with E-state index in [1.807, 2.05) is 0 Å². The summed E-state index contributed by atoms with van der Waals surface area (Å²) in [6.45, 7) is 18.9. The van der Waals surface area contributed by atoms with Crippen LogP contribution in [0.25, 0.3) is 0 Å². The highest BCUT2D eigenvalue weighted by atomic mass is 15.0. The number of rotatable bonds is 8. The summed E-state index contributed by atoms with van der Waals surface area (Å²) < 4.78 is 5.10. The van der Waals surface area contributed by atoms with Crippen molar-refractivity contribution >= 4 is 0 Å². The molecule has 5 heterocycles. The lowest BCUT2D eigenvalue weighted by Gasteiger charge is -2.38. The highest BCUT2D eigenvalue weighted by molar-refractivity contribution is 5.46. The minimum absolute atomic E-state index is 0.0807. The Morgan fingerprint density at radius 2 is 0.571 bits per heavy atom. The topological polar surface area (TPSA) is 41.4 Å². The molecule has 228 valence electrons. The Balaban J connectivity index is 1.93. The summed E-state index contributed by atoms with van der Waals surface area (Å²) in [5.74, 6) is 0. The molecule has 0 saturated carbocycles. The first-order valence-electron chi connectivity index (χ1n) is 16.9. The molecule has 0 unspecified atom stereocenters. The van der Waals surface area contributed by atoms with Crippen molar-refractivity contribution in [3.8, 4) is 0 Å². The van der Waals surface area contributed by atoms with E-state index in [2.05, 4.69) is 137 Å². The molecular weight excluding hydrogens is 512 g/mol. The Labute approximate surface area is 255 Å². The molecule has 0 saturated heterocycles. The fraction of sp³-hybridized carbons (Fsp3) is 0.579. The molecular formula is C38H56N4. The molecule has 42 heavy (non-hydrogen) atoms. The van der Waals surface area contributed by atoms with Crippen LogP contribution in [-0.2, 0) is 35.8 Å². The zero-order valence-electron chi connectivity index (χ0n) is 28.2. The van der Waals surface area contributed by atoms with Gasteiger partial charge in [0.2, 0.25) is 0 Å². The van der Waals surface area contributed by atoms with Crippen molar-refractivity contribution in [1.82, 2.24) is 19.1 Å². The van der Waals surface area contributed by atoms with Gasteiger partial charge in [-0.05, 0) is 99.9 Å². The summed E-state index contributed by atoms with van der Waals surface area (Å²) >= 11 is 0. The van der Waals surface area contributed by atoms with Gasteiger partial charge in [0.25, 0.3) is 0 Å². The van der Waals surface area contributed by atoms with Crippen LogP contribution >= 0.6 is 0 Å². The number of nitrogens with zero attached hydrogens (tertiary/aromatic N) is 2. The SMILES string of the molecule is CCC1(CC)c2ccc([nH]2)C(CC)(CC)c2ccc(n2C)C(CC)(CC)c2ccc([nH]2)C(CC)(CC)c2ccc1n2C. The standard InChI is InChI=1S/C38H56N4/c1-11-35(12-2)27-19-20-28(39-27)36(13-3,14-4)33-25-26-34(42(33)10)38(17-7,18-8)30-22-21-29(40-30)37(15-5,16-6)32-24-23-31(35)41(32)9/h19-26,39-40H,11-18H2,1-10H3. The number of aromatic amines is 2. The van der Waals surface area contributed by atoms with Gasteiger partial charge in [0.15, 0.2) is 0 Å². The van der Waals surface area contributed by atoms with Crippen molar-refractivity contribution in [2.75, 3.05) is 0 Å². The minimum atomic E-state index is -0.0807. The molecule has 0 amide bonds. The first kappa shape index (κ1) is 30.6. The number of hydrogen-bond donors (Lipinski definition) is 2. The maximum Gasteiger partial charge on any atom is 0.0500 e. The van der Waals surface area contributed by atoms with Crippen molar-refractivity contribution in [3.63, 3.8) is 0 Å². The molecule has 0 atom stereocenters. The van der Waals surface area contributed by atoms with Gasteiger partial charge < -0.3 is 19.1 Å². The third-order valence-electron chi connectivity index (χ3n) is 12.5. The molecule has 4 heteroatoms. The second-order valence-corrected chi connectivity index (χ2v) is 13.1. The smallest absolute Gasteiger partial charge is 0.0500 e. The van der Waals surface area contributed by atoms with Gasteiger partial charge in [-0.2, -0.15) is 0 Å². The van der Waals surface area contributed by atoms with Gasteiger partial charge in [0.1, 0.15) is 0 Å². The molecule has 0 spiro atoms. The van der Waals surface area contributed by atoms with Gasteiger partial charge in [-0.3, -0.25) is 0 Å². The molecule has 5 rings (SSSR count). The van der Waals surface area contributed by atoms with E-state index in [0.717, 1.165) is 51.4 Å². The quantitative estimate of drug-likeness (QED) is 0.212. The van der Waals surface area contributed by atoms with E-state index in [1.54, 1.807) is 0 Å². The fourth-order valence-electron chi connectivity index (χ4n) is 9.38. The summed E-state index contributed by atoms with van der Waals surface area (Å²) in [6.07, 6.45) is 8.39. The summed E-state index contributed by atoms with van der Waals surface area (Å²) in [5, 5.41) is 0. The van der Waals surface area contributed by atoms with Gasteiger partial charge in [-0.1, -0.05) is 55.4 Å². The number of nitrogens with one attached hydrogen (secondary N) is 2. The Kier molecular flexibility index (Phi) is 8.00. The molecule has 0 radical (unpaired) electrons. The molecule has 1 aliphatic heterocycles. The molecule has 0 aliphatic carbocycles. The van der Waals surface area contributed by atoms with Gasteiger partial charge in [0.05, 0.1) is 0 Å². The summed E-state index contributed by atoms with van der Waals surface area (Å²) in [6, 6.07) is 19.4. The van der Waals surface area contributed by atoms with Crippen LogP contribution in [0.15, 0.2) is 48.5 Å². The third kappa shape index (κ3) is 3.78. The molecule has 8 bridgehead atoms. The van der Waals surface area contributed by atoms with Crippen molar-refractivity contribution in [3.05, 3.63) is 94.1 Å². The van der Waals surface area contributed by atoms with Gasteiger partial charge in [-0.25, -0.2) is 0 Å². The van der Waals surface area contributed by atoms with Crippen LogP contribution in [0.1, 0.15) is 152 Å². The zero-order chi connectivity index (χ0) is 30.5. The van der Waals surface area contributed by atoms with Gasteiger partial charge in [0, 0.05) is 81.3 Å². The van der Waals surface area contributed by atoms with Crippen LogP contribution in [0.3, 0.4) is 0 Å². The lowest BCUT2D eigenvalue weighted by Crippen LogP contribution is -2.35. The Bertz CT molecular complexity index is 1280. The fourth-order valence-corrected chi connectivity index (χ4v) is 9.38. The van der Waals surface area contributed by atoms with Crippen molar-refractivity contribution in [2.24, 2.45) is 14.1 Å². The number of hydrogen-bond acceptors (Lipinski definition) is 0. The molecule has 4 nitrogen and oxygen atoms in total. The van der Waals surface area contributed by atoms with Crippen molar-refractivity contribution in [1.29, 1.82) is 0 Å². The first-order valence-corrected chi connectivity index (χ1v) is 16.9. The lowest BCUT2D eigenvalue weighted by molar-refractivity contribution is 0.390. The highest BCUT2D eigenvalue weighted by Gasteiger charge is 2.44. The van der Waals surface area contributed by atoms with E-state index in [-0.39, 0.29) is 21.7 Å². The Hall–Kier alpha value is -2.88. The molecule has 4 aromatic heterocycles. The summed E-state index contributed by atoms with van der Waals surface area (Å²) in [7, 11) is 4.63. The van der Waals surface area contributed by atoms with Crippen LogP contribution in [0.5, 0.6) is 0 Å².